The number of rotatable bonds is 0. The number of imidazole rings is 1. The first-order chi connectivity index (χ1) is 8.05. The lowest BCUT2D eigenvalue weighted by Gasteiger charge is -2.21. The van der Waals surface area contributed by atoms with E-state index in [0.29, 0.717) is 23.7 Å². The largest absolute Gasteiger partial charge is 0.416 e. The van der Waals surface area contributed by atoms with Crippen LogP contribution in [-0.4, -0.2) is 9.55 Å². The van der Waals surface area contributed by atoms with Crippen molar-refractivity contribution in [3.8, 4) is 11.4 Å². The average molecular weight is 239 g/mol. The van der Waals surface area contributed by atoms with Gasteiger partial charge in [-0.15, -0.1) is 0 Å². The number of benzene rings is 1. The lowest BCUT2D eigenvalue weighted by Crippen LogP contribution is -2.16. The van der Waals surface area contributed by atoms with Crippen LogP contribution in [0.3, 0.4) is 0 Å². The number of aromatic nitrogens is 2. The molecule has 0 saturated heterocycles. The van der Waals surface area contributed by atoms with Gasteiger partial charge in [0.15, 0.2) is 0 Å². The second-order valence-corrected chi connectivity index (χ2v) is 3.81. The molecule has 2 aromatic rings. The van der Waals surface area contributed by atoms with Crippen LogP contribution in [0.2, 0.25) is 0 Å². The summed E-state index contributed by atoms with van der Waals surface area (Å²) >= 11 is 0. The minimum Gasteiger partial charge on any atom is -0.367 e. The third-order valence-corrected chi connectivity index (χ3v) is 2.74. The van der Waals surface area contributed by atoms with Gasteiger partial charge >= 0.3 is 6.18 Å². The number of hydrogen-bond acceptors (Lipinski definition) is 2. The fourth-order valence-corrected chi connectivity index (χ4v) is 1.91. The Morgan fingerprint density at radius 1 is 1.29 bits per heavy atom. The highest BCUT2D eigenvalue weighted by molar-refractivity contribution is 5.76. The molecule has 1 aromatic heterocycles. The molecule has 0 radical (unpaired) electrons. The lowest BCUT2D eigenvalue weighted by atomic mass is 10.1. The fourth-order valence-electron chi connectivity index (χ4n) is 1.91. The summed E-state index contributed by atoms with van der Waals surface area (Å²) in [6, 6.07) is 3.64. The fraction of sp³-hybridized carbons (Fsp3) is 0.182. The summed E-state index contributed by atoms with van der Waals surface area (Å²) in [5.41, 5.74) is 0.502. The summed E-state index contributed by atoms with van der Waals surface area (Å²) in [4.78, 5) is 4.08. The summed E-state index contributed by atoms with van der Waals surface area (Å²) in [6.07, 6.45) is -1.03. The van der Waals surface area contributed by atoms with Crippen molar-refractivity contribution < 1.29 is 13.2 Å². The minimum atomic E-state index is -4.33. The van der Waals surface area contributed by atoms with Crippen LogP contribution in [0.5, 0.6) is 0 Å². The van der Waals surface area contributed by atoms with Crippen LogP contribution in [0.15, 0.2) is 30.6 Å². The van der Waals surface area contributed by atoms with Crippen LogP contribution in [0.4, 0.5) is 18.9 Å². The quantitative estimate of drug-likeness (QED) is 0.766. The maximum atomic E-state index is 12.6. The third kappa shape index (κ3) is 1.56. The zero-order chi connectivity index (χ0) is 12.0. The van der Waals surface area contributed by atoms with Gasteiger partial charge in [-0.1, -0.05) is 0 Å². The van der Waals surface area contributed by atoms with Crippen LogP contribution in [0.1, 0.15) is 5.56 Å². The highest BCUT2D eigenvalue weighted by atomic mass is 19.4. The summed E-state index contributed by atoms with van der Waals surface area (Å²) in [7, 11) is 0. The van der Waals surface area contributed by atoms with Crippen LogP contribution < -0.4 is 5.32 Å². The van der Waals surface area contributed by atoms with E-state index in [4.69, 9.17) is 0 Å². The van der Waals surface area contributed by atoms with E-state index in [0.717, 1.165) is 12.1 Å². The van der Waals surface area contributed by atoms with Gasteiger partial charge in [0.05, 0.1) is 12.2 Å². The Kier molecular flexibility index (Phi) is 1.95. The van der Waals surface area contributed by atoms with Crippen molar-refractivity contribution in [1.82, 2.24) is 9.55 Å². The Balaban J connectivity index is 2.18. The molecule has 1 aliphatic rings. The lowest BCUT2D eigenvalue weighted by molar-refractivity contribution is -0.137. The SMILES string of the molecule is FC(F)(F)c1ccc2c(c1)-c1nccn1CN2. The van der Waals surface area contributed by atoms with Gasteiger partial charge in [0, 0.05) is 23.6 Å². The van der Waals surface area contributed by atoms with Crippen LogP contribution in [0, 0.1) is 0 Å². The molecule has 88 valence electrons. The Hall–Kier alpha value is -1.98. The molecule has 1 aliphatic heterocycles. The monoisotopic (exact) mass is 239 g/mol. The molecular weight excluding hydrogens is 231 g/mol. The molecule has 0 unspecified atom stereocenters. The normalized spacial score (nSPS) is 13.8. The predicted octanol–water partition coefficient (Wildman–Crippen LogP) is 2.95. The number of nitrogens with zero attached hydrogens (tertiary/aromatic N) is 2. The first-order valence-electron chi connectivity index (χ1n) is 5.02. The van der Waals surface area contributed by atoms with E-state index in [-0.39, 0.29) is 0 Å². The maximum absolute atomic E-state index is 12.6. The van der Waals surface area contributed by atoms with Gasteiger partial charge in [-0.3, -0.25) is 0 Å². The van der Waals surface area contributed by atoms with Crippen molar-refractivity contribution in [3.05, 3.63) is 36.2 Å². The molecule has 17 heavy (non-hydrogen) atoms. The van der Waals surface area contributed by atoms with E-state index < -0.39 is 11.7 Å². The second-order valence-electron chi connectivity index (χ2n) is 3.81. The second kappa shape index (κ2) is 3.26. The van der Waals surface area contributed by atoms with Crippen molar-refractivity contribution in [2.45, 2.75) is 12.8 Å². The molecule has 0 fully saturated rings. The Bertz CT molecular complexity index is 572. The van der Waals surface area contributed by atoms with Gasteiger partial charge in [-0.05, 0) is 18.2 Å². The van der Waals surface area contributed by atoms with Crippen molar-refractivity contribution in [1.29, 1.82) is 0 Å². The number of alkyl halides is 3. The van der Waals surface area contributed by atoms with Gasteiger partial charge in [0.1, 0.15) is 5.82 Å². The molecule has 0 amide bonds. The Morgan fingerprint density at radius 3 is 2.88 bits per heavy atom. The van der Waals surface area contributed by atoms with Gasteiger partial charge in [0.2, 0.25) is 0 Å². The molecule has 0 atom stereocenters. The summed E-state index contributed by atoms with van der Waals surface area (Å²) < 4.78 is 39.6. The number of halogens is 3. The summed E-state index contributed by atoms with van der Waals surface area (Å²) in [5.74, 6) is 0.560. The molecule has 6 heteroatoms. The smallest absolute Gasteiger partial charge is 0.367 e. The predicted molar refractivity (Wildman–Crippen MR) is 56.3 cm³/mol. The van der Waals surface area contributed by atoms with Gasteiger partial charge < -0.3 is 9.88 Å². The Labute approximate surface area is 94.9 Å². The molecule has 3 nitrogen and oxygen atoms in total. The Morgan fingerprint density at radius 2 is 2.12 bits per heavy atom. The summed E-state index contributed by atoms with van der Waals surface area (Å²) in [6.45, 7) is 0.522. The van der Waals surface area contributed by atoms with Crippen molar-refractivity contribution in [2.75, 3.05) is 5.32 Å². The molecule has 3 rings (SSSR count). The zero-order valence-corrected chi connectivity index (χ0v) is 8.62. The van der Waals surface area contributed by atoms with E-state index in [9.17, 15) is 13.2 Å². The van der Waals surface area contributed by atoms with Crippen LogP contribution >= 0.6 is 0 Å². The van der Waals surface area contributed by atoms with Gasteiger partial charge in [-0.25, -0.2) is 4.98 Å². The standard InChI is InChI=1S/C11H8F3N3/c12-11(13,14)7-1-2-9-8(5-7)10-15-3-4-17(10)6-16-9/h1-5,16H,6H2. The molecule has 0 saturated carbocycles. The first kappa shape index (κ1) is 10.2. The van der Waals surface area contributed by atoms with Crippen molar-refractivity contribution >= 4 is 5.69 Å². The molecule has 1 N–H and O–H groups in total. The minimum absolute atomic E-state index is 0.482. The van der Waals surface area contributed by atoms with E-state index in [1.807, 2.05) is 0 Å². The first-order valence-corrected chi connectivity index (χ1v) is 5.02. The molecule has 0 bridgehead atoms. The summed E-state index contributed by atoms with van der Waals surface area (Å²) in [5, 5.41) is 3.04. The number of nitrogens with one attached hydrogen (secondary N) is 1. The van der Waals surface area contributed by atoms with Crippen LogP contribution in [0.25, 0.3) is 11.4 Å². The van der Waals surface area contributed by atoms with Crippen molar-refractivity contribution in [2.24, 2.45) is 0 Å². The number of hydrogen-bond donors (Lipinski definition) is 1. The van der Waals surface area contributed by atoms with Crippen molar-refractivity contribution in [3.63, 3.8) is 0 Å². The maximum Gasteiger partial charge on any atom is 0.416 e. The van der Waals surface area contributed by atoms with E-state index in [1.165, 1.54) is 6.07 Å². The van der Waals surface area contributed by atoms with Crippen LogP contribution in [-0.2, 0) is 12.8 Å². The molecule has 0 spiro atoms. The zero-order valence-electron chi connectivity index (χ0n) is 8.62. The van der Waals surface area contributed by atoms with E-state index in [1.54, 1.807) is 17.0 Å². The molecule has 2 heterocycles. The van der Waals surface area contributed by atoms with E-state index >= 15 is 0 Å². The topological polar surface area (TPSA) is 29.9 Å². The molecule has 1 aromatic carbocycles. The highest BCUT2D eigenvalue weighted by Gasteiger charge is 2.32. The molecule has 0 aliphatic carbocycles. The number of fused-ring (bicyclic) bond motifs is 3. The number of anilines is 1. The van der Waals surface area contributed by atoms with E-state index in [2.05, 4.69) is 10.3 Å². The van der Waals surface area contributed by atoms with Gasteiger partial charge in [0.25, 0.3) is 0 Å². The van der Waals surface area contributed by atoms with Gasteiger partial charge in [-0.2, -0.15) is 13.2 Å². The average Bonchev–Trinajstić information content (AvgIpc) is 2.75. The highest BCUT2D eigenvalue weighted by Crippen LogP contribution is 2.37. The molecular formula is C11H8F3N3. The third-order valence-electron chi connectivity index (χ3n) is 2.74.